The maximum atomic E-state index is 11.0. The summed E-state index contributed by atoms with van der Waals surface area (Å²) in [6.07, 6.45) is 0.967. The second-order valence-corrected chi connectivity index (χ2v) is 3.85. The van der Waals surface area contributed by atoms with Crippen LogP contribution in [0.2, 0.25) is 0 Å². The largest absolute Gasteiger partial charge is 0.479 e. The van der Waals surface area contributed by atoms with Crippen molar-refractivity contribution in [3.05, 3.63) is 36.5 Å². The van der Waals surface area contributed by atoms with E-state index in [1.54, 1.807) is 18.3 Å². The number of fused-ring (bicyclic) bond motifs is 1. The molecule has 94 valence electrons. The fraction of sp³-hybridized carbons (Fsp3) is 0.231. The van der Waals surface area contributed by atoms with Gasteiger partial charge in [-0.05, 0) is 18.7 Å². The number of aromatic nitrogens is 1. The van der Waals surface area contributed by atoms with E-state index in [0.29, 0.717) is 11.3 Å². The van der Waals surface area contributed by atoms with Crippen LogP contribution in [0, 0.1) is 0 Å². The van der Waals surface area contributed by atoms with Crippen molar-refractivity contribution in [3.8, 4) is 5.75 Å². The molecule has 1 aromatic heterocycles. The summed E-state index contributed by atoms with van der Waals surface area (Å²) in [5.41, 5.74) is 6.03. The summed E-state index contributed by atoms with van der Waals surface area (Å²) in [6.45, 7) is 0.259. The number of carbonyl (C=O) groups is 1. The molecular formula is C13H14N2O3. The number of aliphatic carboxylic acids is 1. The fourth-order valence-electron chi connectivity index (χ4n) is 1.71. The van der Waals surface area contributed by atoms with E-state index in [0.717, 1.165) is 5.39 Å². The molecule has 3 N–H and O–H groups in total. The Labute approximate surface area is 104 Å². The molecule has 0 aliphatic heterocycles. The number of ether oxygens (including phenoxy) is 1. The van der Waals surface area contributed by atoms with Crippen LogP contribution in [0.4, 0.5) is 0 Å². The van der Waals surface area contributed by atoms with Gasteiger partial charge in [0, 0.05) is 18.0 Å². The molecule has 2 rings (SSSR count). The molecule has 0 amide bonds. The molecule has 1 atom stereocenters. The highest BCUT2D eigenvalue weighted by Crippen LogP contribution is 2.24. The first kappa shape index (κ1) is 12.3. The molecule has 5 heteroatoms. The molecule has 1 unspecified atom stereocenters. The van der Waals surface area contributed by atoms with Gasteiger partial charge in [0.2, 0.25) is 0 Å². The fourth-order valence-corrected chi connectivity index (χ4v) is 1.71. The minimum atomic E-state index is -1.02. The van der Waals surface area contributed by atoms with Crippen LogP contribution >= 0.6 is 0 Å². The zero-order valence-corrected chi connectivity index (χ0v) is 9.74. The summed E-state index contributed by atoms with van der Waals surface area (Å²) in [5.74, 6) is -0.553. The van der Waals surface area contributed by atoms with Crippen molar-refractivity contribution in [2.45, 2.75) is 12.5 Å². The van der Waals surface area contributed by atoms with Crippen molar-refractivity contribution < 1.29 is 14.6 Å². The van der Waals surface area contributed by atoms with Crippen LogP contribution in [-0.4, -0.2) is 28.7 Å². The molecule has 0 fully saturated rings. The lowest BCUT2D eigenvalue weighted by molar-refractivity contribution is -0.145. The average molecular weight is 246 g/mol. The van der Waals surface area contributed by atoms with Crippen LogP contribution in [0.5, 0.6) is 5.75 Å². The number of pyridine rings is 1. The van der Waals surface area contributed by atoms with E-state index in [9.17, 15) is 4.79 Å². The Morgan fingerprint density at radius 2 is 2.17 bits per heavy atom. The molecule has 0 saturated carbocycles. The summed E-state index contributed by atoms with van der Waals surface area (Å²) in [5, 5.41) is 9.95. The van der Waals surface area contributed by atoms with Crippen molar-refractivity contribution in [3.63, 3.8) is 0 Å². The lowest BCUT2D eigenvalue weighted by Crippen LogP contribution is -2.29. The molecular weight excluding hydrogens is 232 g/mol. The Hall–Kier alpha value is -2.14. The highest BCUT2D eigenvalue weighted by Gasteiger charge is 2.19. The average Bonchev–Trinajstić information content (AvgIpc) is 2.38. The molecule has 0 aliphatic rings. The van der Waals surface area contributed by atoms with Gasteiger partial charge in [-0.15, -0.1) is 0 Å². The lowest BCUT2D eigenvalue weighted by atomic mass is 10.2. The van der Waals surface area contributed by atoms with Crippen LogP contribution in [0.3, 0.4) is 0 Å². The zero-order chi connectivity index (χ0) is 13.0. The molecule has 1 heterocycles. The lowest BCUT2D eigenvalue weighted by Gasteiger charge is -2.15. The summed E-state index contributed by atoms with van der Waals surface area (Å²) < 4.78 is 5.49. The standard InChI is InChI=1S/C13H14N2O3/c14-7-6-11(13(16)17)18-10-5-1-3-9-4-2-8-15-12(9)10/h1-5,8,11H,6-7,14H2,(H,16,17). The van der Waals surface area contributed by atoms with Gasteiger partial charge >= 0.3 is 5.97 Å². The Morgan fingerprint density at radius 1 is 1.39 bits per heavy atom. The Balaban J connectivity index is 2.33. The van der Waals surface area contributed by atoms with E-state index in [1.807, 2.05) is 18.2 Å². The third-order valence-electron chi connectivity index (χ3n) is 2.57. The highest BCUT2D eigenvalue weighted by atomic mass is 16.5. The number of hydrogen-bond acceptors (Lipinski definition) is 4. The molecule has 0 saturated heterocycles. The van der Waals surface area contributed by atoms with Crippen LogP contribution in [-0.2, 0) is 4.79 Å². The van der Waals surface area contributed by atoms with Gasteiger partial charge in [-0.2, -0.15) is 0 Å². The smallest absolute Gasteiger partial charge is 0.344 e. The minimum absolute atomic E-state index is 0.259. The number of hydrogen-bond donors (Lipinski definition) is 2. The maximum absolute atomic E-state index is 11.0. The van der Waals surface area contributed by atoms with Gasteiger partial charge in [0.05, 0.1) is 0 Å². The summed E-state index contributed by atoms with van der Waals surface area (Å²) in [4.78, 5) is 15.2. The van der Waals surface area contributed by atoms with Gasteiger partial charge in [0.1, 0.15) is 11.3 Å². The molecule has 2 aromatic rings. The van der Waals surface area contributed by atoms with Crippen LogP contribution < -0.4 is 10.5 Å². The predicted molar refractivity (Wildman–Crippen MR) is 67.5 cm³/mol. The number of carboxylic acids is 1. The SMILES string of the molecule is NCCC(Oc1cccc2cccnc12)C(=O)O. The van der Waals surface area contributed by atoms with Crippen molar-refractivity contribution in [2.24, 2.45) is 5.73 Å². The van der Waals surface area contributed by atoms with Gasteiger partial charge < -0.3 is 15.6 Å². The summed E-state index contributed by atoms with van der Waals surface area (Å²) in [7, 11) is 0. The Bertz CT molecular complexity index is 551. The Kier molecular flexibility index (Phi) is 3.74. The molecule has 1 aromatic carbocycles. The molecule has 18 heavy (non-hydrogen) atoms. The molecule has 0 aliphatic carbocycles. The van der Waals surface area contributed by atoms with E-state index in [2.05, 4.69) is 4.98 Å². The van der Waals surface area contributed by atoms with Crippen LogP contribution in [0.15, 0.2) is 36.5 Å². The highest BCUT2D eigenvalue weighted by molar-refractivity contribution is 5.84. The monoisotopic (exact) mass is 246 g/mol. The van der Waals surface area contributed by atoms with Crippen molar-refractivity contribution >= 4 is 16.9 Å². The topological polar surface area (TPSA) is 85.4 Å². The van der Waals surface area contributed by atoms with Gasteiger partial charge in [-0.25, -0.2) is 4.79 Å². The van der Waals surface area contributed by atoms with E-state index < -0.39 is 12.1 Å². The molecule has 0 spiro atoms. The number of carboxylic acid groups (broad SMARTS) is 1. The van der Waals surface area contributed by atoms with Crippen molar-refractivity contribution in [1.29, 1.82) is 0 Å². The van der Waals surface area contributed by atoms with Crippen molar-refractivity contribution in [2.75, 3.05) is 6.54 Å². The zero-order valence-electron chi connectivity index (χ0n) is 9.74. The first-order valence-electron chi connectivity index (χ1n) is 5.65. The summed E-state index contributed by atoms with van der Waals surface area (Å²) >= 11 is 0. The van der Waals surface area contributed by atoms with E-state index in [1.165, 1.54) is 0 Å². The third kappa shape index (κ3) is 2.57. The van der Waals surface area contributed by atoms with Crippen LogP contribution in [0.1, 0.15) is 6.42 Å². The second-order valence-electron chi connectivity index (χ2n) is 3.85. The van der Waals surface area contributed by atoms with Gasteiger partial charge in [0.15, 0.2) is 6.10 Å². The van der Waals surface area contributed by atoms with Crippen LogP contribution in [0.25, 0.3) is 10.9 Å². The van der Waals surface area contributed by atoms with E-state index >= 15 is 0 Å². The minimum Gasteiger partial charge on any atom is -0.479 e. The third-order valence-corrected chi connectivity index (χ3v) is 2.57. The summed E-state index contributed by atoms with van der Waals surface area (Å²) in [6, 6.07) is 9.13. The van der Waals surface area contributed by atoms with E-state index in [-0.39, 0.29) is 13.0 Å². The normalized spacial score (nSPS) is 12.3. The van der Waals surface area contributed by atoms with Gasteiger partial charge in [-0.1, -0.05) is 18.2 Å². The van der Waals surface area contributed by atoms with Crippen molar-refractivity contribution in [1.82, 2.24) is 4.98 Å². The number of benzene rings is 1. The quantitative estimate of drug-likeness (QED) is 0.833. The number of para-hydroxylation sites is 1. The predicted octanol–water partition coefficient (Wildman–Crippen LogP) is 1.42. The second kappa shape index (κ2) is 5.46. The number of nitrogens with two attached hydrogens (primary N) is 1. The molecule has 5 nitrogen and oxygen atoms in total. The molecule has 0 bridgehead atoms. The van der Waals surface area contributed by atoms with E-state index in [4.69, 9.17) is 15.6 Å². The first-order chi connectivity index (χ1) is 8.72. The first-order valence-corrected chi connectivity index (χ1v) is 5.65. The number of rotatable bonds is 5. The molecule has 0 radical (unpaired) electrons. The Morgan fingerprint density at radius 3 is 2.89 bits per heavy atom. The van der Waals surface area contributed by atoms with Gasteiger partial charge in [-0.3, -0.25) is 4.98 Å². The van der Waals surface area contributed by atoms with Gasteiger partial charge in [0.25, 0.3) is 0 Å². The maximum Gasteiger partial charge on any atom is 0.344 e. The number of nitrogens with zero attached hydrogens (tertiary/aromatic N) is 1.